The zero-order valence-corrected chi connectivity index (χ0v) is 17.0. The van der Waals surface area contributed by atoms with Crippen LogP contribution in [-0.2, 0) is 0 Å². The summed E-state index contributed by atoms with van der Waals surface area (Å²) in [6.45, 7) is 0.659. The average Bonchev–Trinajstić information content (AvgIpc) is 3.38. The van der Waals surface area contributed by atoms with Crippen molar-refractivity contribution in [2.45, 2.75) is 18.3 Å². The van der Waals surface area contributed by atoms with E-state index >= 15 is 0 Å². The van der Waals surface area contributed by atoms with Gasteiger partial charge in [0.05, 0.1) is 5.56 Å². The maximum Gasteiger partial charge on any atom is 0.252 e. The molecular formula is C26H22N4O. The molecule has 0 fully saturated rings. The number of nitrogens with one attached hydrogen (secondary N) is 1. The van der Waals surface area contributed by atoms with E-state index in [0.717, 1.165) is 12.2 Å². The maximum absolute atomic E-state index is 12.8. The van der Waals surface area contributed by atoms with Crippen LogP contribution in [0.1, 0.15) is 50.9 Å². The minimum absolute atomic E-state index is 0.0762. The van der Waals surface area contributed by atoms with Crippen LogP contribution in [0.4, 0.5) is 0 Å². The molecule has 3 aliphatic rings. The largest absolute Gasteiger partial charge is 0.352 e. The van der Waals surface area contributed by atoms with Gasteiger partial charge in [-0.05, 0) is 46.7 Å². The Morgan fingerprint density at radius 3 is 2.29 bits per heavy atom. The van der Waals surface area contributed by atoms with Gasteiger partial charge in [-0.25, -0.2) is 9.97 Å². The summed E-state index contributed by atoms with van der Waals surface area (Å²) in [6.07, 6.45) is 7.92. The maximum atomic E-state index is 12.8. The predicted octanol–water partition coefficient (Wildman–Crippen LogP) is 4.29. The Morgan fingerprint density at radius 1 is 0.968 bits per heavy atom. The van der Waals surface area contributed by atoms with Crippen molar-refractivity contribution in [1.82, 2.24) is 19.9 Å². The first-order valence-corrected chi connectivity index (χ1v) is 10.7. The molecule has 2 aromatic carbocycles. The van der Waals surface area contributed by atoms with Crippen LogP contribution in [0.3, 0.4) is 0 Å². The lowest BCUT2D eigenvalue weighted by atomic mass is 9.59. The number of fused-ring (bicyclic) bond motifs is 1. The van der Waals surface area contributed by atoms with Crippen molar-refractivity contribution in [3.05, 3.63) is 113 Å². The van der Waals surface area contributed by atoms with E-state index in [1.54, 1.807) is 18.7 Å². The van der Waals surface area contributed by atoms with E-state index in [1.165, 1.54) is 22.3 Å². The molecule has 1 amide bonds. The fraction of sp³-hybridized carbons (Fsp3) is 0.192. The van der Waals surface area contributed by atoms with Crippen LogP contribution in [0.2, 0.25) is 0 Å². The third kappa shape index (κ3) is 2.96. The van der Waals surface area contributed by atoms with Crippen molar-refractivity contribution in [1.29, 1.82) is 0 Å². The van der Waals surface area contributed by atoms with E-state index in [9.17, 15) is 4.79 Å². The summed E-state index contributed by atoms with van der Waals surface area (Å²) < 4.78 is 1.81. The molecule has 0 aliphatic heterocycles. The summed E-state index contributed by atoms with van der Waals surface area (Å²) in [5.41, 5.74) is 6.32. The molecule has 2 bridgehead atoms. The van der Waals surface area contributed by atoms with Crippen LogP contribution in [0.5, 0.6) is 0 Å². The zero-order chi connectivity index (χ0) is 20.8. The lowest BCUT2D eigenvalue weighted by molar-refractivity contribution is 0.0942. The van der Waals surface area contributed by atoms with E-state index < -0.39 is 0 Å². The standard InChI is InChI=1S/C26H22N4O/c31-26(17-9-10-24(28-14-17)30-12-11-27-16-30)29-15-18-13-23-19-5-1-3-7-21(19)25(18)22-8-4-2-6-20(22)23/h1-12,14,16,18,23,25H,13,15H2,(H,29,31). The number of hydrogen-bond acceptors (Lipinski definition) is 3. The van der Waals surface area contributed by atoms with Crippen LogP contribution in [-0.4, -0.2) is 27.0 Å². The van der Waals surface area contributed by atoms with Gasteiger partial charge < -0.3 is 5.32 Å². The van der Waals surface area contributed by atoms with Crippen molar-refractivity contribution >= 4 is 5.91 Å². The zero-order valence-electron chi connectivity index (χ0n) is 17.0. The SMILES string of the molecule is O=C(NCC1CC2c3ccccc3C1c1ccccc12)c1ccc(-n2ccnc2)nc1. The Balaban J connectivity index is 1.22. The number of carbonyl (C=O) groups is 1. The van der Waals surface area contributed by atoms with Crippen LogP contribution >= 0.6 is 0 Å². The number of rotatable bonds is 4. The monoisotopic (exact) mass is 406 g/mol. The highest BCUT2D eigenvalue weighted by Crippen LogP contribution is 2.55. The molecule has 2 heterocycles. The summed E-state index contributed by atoms with van der Waals surface area (Å²) >= 11 is 0. The quantitative estimate of drug-likeness (QED) is 0.550. The molecule has 31 heavy (non-hydrogen) atoms. The van der Waals surface area contributed by atoms with Gasteiger partial charge in [0.1, 0.15) is 12.1 Å². The number of benzene rings is 2. The topological polar surface area (TPSA) is 59.8 Å². The molecule has 0 saturated carbocycles. The normalized spacial score (nSPS) is 20.7. The minimum Gasteiger partial charge on any atom is -0.352 e. The lowest BCUT2D eigenvalue weighted by Gasteiger charge is -2.45. The van der Waals surface area contributed by atoms with E-state index in [1.807, 2.05) is 22.9 Å². The second kappa shape index (κ2) is 7.20. The molecule has 1 atom stereocenters. The average molecular weight is 406 g/mol. The van der Waals surface area contributed by atoms with Crippen molar-refractivity contribution < 1.29 is 4.79 Å². The van der Waals surface area contributed by atoms with Crippen molar-refractivity contribution in [2.75, 3.05) is 6.54 Å². The molecule has 152 valence electrons. The second-order valence-electron chi connectivity index (χ2n) is 8.37. The molecule has 4 aromatic rings. The molecular weight excluding hydrogens is 384 g/mol. The van der Waals surface area contributed by atoms with Crippen LogP contribution in [0.15, 0.2) is 85.6 Å². The number of amides is 1. The number of pyridine rings is 1. The van der Waals surface area contributed by atoms with Gasteiger partial charge in [-0.1, -0.05) is 48.5 Å². The fourth-order valence-electron chi connectivity index (χ4n) is 5.35. The Morgan fingerprint density at radius 2 is 1.68 bits per heavy atom. The highest BCUT2D eigenvalue weighted by Gasteiger charge is 2.42. The Labute approximate surface area is 180 Å². The first-order chi connectivity index (χ1) is 15.3. The van der Waals surface area contributed by atoms with Gasteiger partial charge >= 0.3 is 0 Å². The van der Waals surface area contributed by atoms with Gasteiger partial charge in [-0.15, -0.1) is 0 Å². The molecule has 5 heteroatoms. The van der Waals surface area contributed by atoms with Crippen molar-refractivity contribution in [2.24, 2.45) is 5.92 Å². The summed E-state index contributed by atoms with van der Waals surface area (Å²) in [6, 6.07) is 21.2. The van der Waals surface area contributed by atoms with E-state index in [0.29, 0.717) is 29.9 Å². The number of hydrogen-bond donors (Lipinski definition) is 1. The molecule has 1 unspecified atom stereocenters. The third-order valence-electron chi connectivity index (χ3n) is 6.73. The highest BCUT2D eigenvalue weighted by molar-refractivity contribution is 5.93. The lowest BCUT2D eigenvalue weighted by Crippen LogP contribution is -2.39. The Hall–Kier alpha value is -3.73. The third-order valence-corrected chi connectivity index (χ3v) is 6.73. The molecule has 1 N–H and O–H groups in total. The summed E-state index contributed by atoms with van der Waals surface area (Å²) in [4.78, 5) is 21.2. The highest BCUT2D eigenvalue weighted by atomic mass is 16.1. The smallest absolute Gasteiger partial charge is 0.252 e. The minimum atomic E-state index is -0.0762. The van der Waals surface area contributed by atoms with Crippen LogP contribution in [0, 0.1) is 5.92 Å². The predicted molar refractivity (Wildman–Crippen MR) is 118 cm³/mol. The van der Waals surface area contributed by atoms with E-state index in [4.69, 9.17) is 0 Å². The molecule has 7 rings (SSSR count). The van der Waals surface area contributed by atoms with E-state index in [-0.39, 0.29) is 5.91 Å². The molecule has 5 nitrogen and oxygen atoms in total. The summed E-state index contributed by atoms with van der Waals surface area (Å²) in [7, 11) is 0. The number of imidazole rings is 1. The number of nitrogens with zero attached hydrogens (tertiary/aromatic N) is 3. The van der Waals surface area contributed by atoms with Crippen LogP contribution in [0.25, 0.3) is 5.82 Å². The van der Waals surface area contributed by atoms with Gasteiger partial charge in [-0.2, -0.15) is 0 Å². The van der Waals surface area contributed by atoms with Crippen molar-refractivity contribution in [3.8, 4) is 5.82 Å². The van der Waals surface area contributed by atoms with Crippen molar-refractivity contribution in [3.63, 3.8) is 0 Å². The van der Waals surface area contributed by atoms with Crippen LogP contribution < -0.4 is 5.32 Å². The Bertz CT molecular complexity index is 1200. The van der Waals surface area contributed by atoms with Gasteiger partial charge in [0, 0.05) is 37.0 Å². The van der Waals surface area contributed by atoms with Gasteiger partial charge in [0.2, 0.25) is 0 Å². The number of carbonyl (C=O) groups excluding carboxylic acids is 1. The van der Waals surface area contributed by atoms with Gasteiger partial charge in [0.15, 0.2) is 0 Å². The van der Waals surface area contributed by atoms with Gasteiger partial charge in [0.25, 0.3) is 5.91 Å². The molecule has 0 saturated heterocycles. The number of aromatic nitrogens is 3. The first kappa shape index (κ1) is 18.1. The summed E-state index contributed by atoms with van der Waals surface area (Å²) in [5.74, 6) is 1.80. The molecule has 3 aliphatic carbocycles. The second-order valence-corrected chi connectivity index (χ2v) is 8.37. The fourth-order valence-corrected chi connectivity index (χ4v) is 5.35. The van der Waals surface area contributed by atoms with E-state index in [2.05, 4.69) is 63.8 Å². The Kier molecular flexibility index (Phi) is 4.20. The molecule has 2 aromatic heterocycles. The molecule has 0 spiro atoms. The molecule has 0 radical (unpaired) electrons. The first-order valence-electron chi connectivity index (χ1n) is 10.7. The summed E-state index contributed by atoms with van der Waals surface area (Å²) in [5, 5.41) is 3.17. The van der Waals surface area contributed by atoms with Gasteiger partial charge in [-0.3, -0.25) is 9.36 Å².